The first-order chi connectivity index (χ1) is 6.07. The number of nitrogens with two attached hydrogens (primary N) is 1. The van der Waals surface area contributed by atoms with Crippen molar-refractivity contribution in [3.63, 3.8) is 0 Å². The Balaban J connectivity index is 3.37. The highest BCUT2D eigenvalue weighted by Crippen LogP contribution is 2.11. The number of methoxy groups -OCH3 is 1. The lowest BCUT2D eigenvalue weighted by atomic mass is 10.0. The summed E-state index contributed by atoms with van der Waals surface area (Å²) in [5, 5.41) is 0. The number of unbranched alkanes of at least 4 members (excludes halogenated alkanes) is 1. The summed E-state index contributed by atoms with van der Waals surface area (Å²) in [6.45, 7) is 8.23. The van der Waals surface area contributed by atoms with Crippen LogP contribution in [0.1, 0.15) is 39.5 Å². The predicted molar refractivity (Wildman–Crippen MR) is 57.4 cm³/mol. The molecule has 0 saturated carbocycles. The Hall–Kier alpha value is -0.500. The summed E-state index contributed by atoms with van der Waals surface area (Å²) < 4.78 is 4.97. The summed E-state index contributed by atoms with van der Waals surface area (Å²) in [7, 11) is 1.62. The molecule has 2 N–H and O–H groups in total. The molecule has 0 aliphatic heterocycles. The molecule has 0 spiro atoms. The van der Waals surface area contributed by atoms with E-state index in [0.29, 0.717) is 5.76 Å². The fraction of sp³-hybridized carbons (Fsp3) is 0.818. The molecule has 2 heteroatoms. The maximum absolute atomic E-state index is 5.82. The SMILES string of the molecule is C=C(OC)C(N)CCCCC(C)C. The van der Waals surface area contributed by atoms with Crippen molar-refractivity contribution in [2.24, 2.45) is 11.7 Å². The van der Waals surface area contributed by atoms with Crippen molar-refractivity contribution in [1.82, 2.24) is 0 Å². The van der Waals surface area contributed by atoms with Gasteiger partial charge in [0.15, 0.2) is 0 Å². The van der Waals surface area contributed by atoms with E-state index in [1.54, 1.807) is 7.11 Å². The van der Waals surface area contributed by atoms with Crippen molar-refractivity contribution in [2.75, 3.05) is 7.11 Å². The molecule has 0 saturated heterocycles. The summed E-state index contributed by atoms with van der Waals surface area (Å²) in [6.07, 6.45) is 4.69. The van der Waals surface area contributed by atoms with Crippen molar-refractivity contribution in [1.29, 1.82) is 0 Å². The molecule has 78 valence electrons. The van der Waals surface area contributed by atoms with Crippen molar-refractivity contribution in [3.8, 4) is 0 Å². The highest BCUT2D eigenvalue weighted by Gasteiger charge is 2.06. The van der Waals surface area contributed by atoms with Crippen LogP contribution in [-0.2, 0) is 4.74 Å². The summed E-state index contributed by atoms with van der Waals surface area (Å²) >= 11 is 0. The van der Waals surface area contributed by atoms with Gasteiger partial charge in [0.25, 0.3) is 0 Å². The summed E-state index contributed by atoms with van der Waals surface area (Å²) in [6, 6.07) is 0.0113. The molecule has 0 fully saturated rings. The standard InChI is InChI=1S/C11H23NO/c1-9(2)7-5-6-8-11(12)10(3)13-4/h9,11H,3,5-8,12H2,1-2,4H3. The maximum atomic E-state index is 5.82. The van der Waals surface area contributed by atoms with Crippen LogP contribution >= 0.6 is 0 Å². The lowest BCUT2D eigenvalue weighted by Gasteiger charge is -2.13. The van der Waals surface area contributed by atoms with Crippen molar-refractivity contribution < 1.29 is 4.74 Å². The van der Waals surface area contributed by atoms with Gasteiger partial charge in [-0.1, -0.05) is 39.7 Å². The predicted octanol–water partition coefficient (Wildman–Crippen LogP) is 2.69. The molecule has 13 heavy (non-hydrogen) atoms. The Morgan fingerprint density at radius 2 is 1.85 bits per heavy atom. The lowest BCUT2D eigenvalue weighted by molar-refractivity contribution is 0.261. The molecule has 0 radical (unpaired) electrons. The van der Waals surface area contributed by atoms with Crippen molar-refractivity contribution in [3.05, 3.63) is 12.3 Å². The van der Waals surface area contributed by atoms with E-state index in [0.717, 1.165) is 12.3 Å². The van der Waals surface area contributed by atoms with Gasteiger partial charge in [0.1, 0.15) is 5.76 Å². The van der Waals surface area contributed by atoms with E-state index in [1.165, 1.54) is 19.3 Å². The number of rotatable bonds is 7. The first-order valence-corrected chi connectivity index (χ1v) is 5.06. The Bertz CT molecular complexity index is 143. The van der Waals surface area contributed by atoms with Crippen LogP contribution in [0.2, 0.25) is 0 Å². The van der Waals surface area contributed by atoms with Crippen molar-refractivity contribution >= 4 is 0 Å². The first kappa shape index (κ1) is 12.5. The van der Waals surface area contributed by atoms with Crippen LogP contribution in [0.3, 0.4) is 0 Å². The van der Waals surface area contributed by atoms with Gasteiger partial charge in [-0.3, -0.25) is 0 Å². The maximum Gasteiger partial charge on any atom is 0.105 e. The molecular formula is C11H23NO. The molecule has 1 unspecified atom stereocenters. The minimum atomic E-state index is 0.0113. The van der Waals surface area contributed by atoms with Crippen LogP contribution in [0.5, 0.6) is 0 Å². The third kappa shape index (κ3) is 6.64. The van der Waals surface area contributed by atoms with E-state index in [-0.39, 0.29) is 6.04 Å². The summed E-state index contributed by atoms with van der Waals surface area (Å²) in [5.74, 6) is 1.49. The number of hydrogen-bond donors (Lipinski definition) is 1. The molecule has 0 aromatic carbocycles. The van der Waals surface area contributed by atoms with Gasteiger partial charge in [-0.15, -0.1) is 0 Å². The largest absolute Gasteiger partial charge is 0.500 e. The molecule has 0 aliphatic rings. The number of ether oxygens (including phenoxy) is 1. The quantitative estimate of drug-likeness (QED) is 0.489. The molecule has 0 bridgehead atoms. The Labute approximate surface area is 82.2 Å². The minimum Gasteiger partial charge on any atom is -0.500 e. The van der Waals surface area contributed by atoms with E-state index in [4.69, 9.17) is 10.5 Å². The lowest BCUT2D eigenvalue weighted by Crippen LogP contribution is -2.22. The van der Waals surface area contributed by atoms with Crippen LogP contribution in [0.4, 0.5) is 0 Å². The smallest absolute Gasteiger partial charge is 0.105 e. The molecule has 0 heterocycles. The zero-order valence-corrected chi connectivity index (χ0v) is 9.18. The molecule has 1 atom stereocenters. The van der Waals surface area contributed by atoms with Gasteiger partial charge in [0, 0.05) is 0 Å². The van der Waals surface area contributed by atoms with Gasteiger partial charge < -0.3 is 10.5 Å². The van der Waals surface area contributed by atoms with Crippen LogP contribution < -0.4 is 5.73 Å². The summed E-state index contributed by atoms with van der Waals surface area (Å²) in [5.41, 5.74) is 5.82. The molecule has 0 aromatic rings. The van der Waals surface area contributed by atoms with Gasteiger partial charge in [0.2, 0.25) is 0 Å². The second-order valence-electron chi connectivity index (χ2n) is 3.96. The Morgan fingerprint density at radius 1 is 1.31 bits per heavy atom. The third-order valence-electron chi connectivity index (χ3n) is 2.22. The molecule has 0 rings (SSSR count). The van der Waals surface area contributed by atoms with Crippen LogP contribution in [0.25, 0.3) is 0 Å². The van der Waals surface area contributed by atoms with Crippen LogP contribution in [-0.4, -0.2) is 13.2 Å². The van der Waals surface area contributed by atoms with E-state index < -0.39 is 0 Å². The van der Waals surface area contributed by atoms with Gasteiger partial charge in [-0.2, -0.15) is 0 Å². The fourth-order valence-corrected chi connectivity index (χ4v) is 1.23. The summed E-state index contributed by atoms with van der Waals surface area (Å²) in [4.78, 5) is 0. The topological polar surface area (TPSA) is 35.2 Å². The Morgan fingerprint density at radius 3 is 2.31 bits per heavy atom. The fourth-order valence-electron chi connectivity index (χ4n) is 1.23. The normalized spacial score (nSPS) is 13.0. The highest BCUT2D eigenvalue weighted by molar-refractivity contribution is 4.93. The van der Waals surface area contributed by atoms with Gasteiger partial charge in [0.05, 0.1) is 13.2 Å². The average molecular weight is 185 g/mol. The van der Waals surface area contributed by atoms with Crippen LogP contribution in [0.15, 0.2) is 12.3 Å². The van der Waals surface area contributed by atoms with E-state index in [9.17, 15) is 0 Å². The highest BCUT2D eigenvalue weighted by atomic mass is 16.5. The first-order valence-electron chi connectivity index (χ1n) is 5.06. The molecule has 0 aliphatic carbocycles. The molecule has 2 nitrogen and oxygen atoms in total. The van der Waals surface area contributed by atoms with Gasteiger partial charge in [-0.25, -0.2) is 0 Å². The van der Waals surface area contributed by atoms with E-state index >= 15 is 0 Å². The second kappa shape index (κ2) is 6.96. The van der Waals surface area contributed by atoms with Gasteiger partial charge >= 0.3 is 0 Å². The second-order valence-corrected chi connectivity index (χ2v) is 3.96. The van der Waals surface area contributed by atoms with Gasteiger partial charge in [-0.05, 0) is 12.3 Å². The molecule has 0 amide bonds. The van der Waals surface area contributed by atoms with Crippen molar-refractivity contribution in [2.45, 2.75) is 45.6 Å². The third-order valence-corrected chi connectivity index (χ3v) is 2.22. The number of hydrogen-bond acceptors (Lipinski definition) is 2. The average Bonchev–Trinajstić information content (AvgIpc) is 2.10. The van der Waals surface area contributed by atoms with Crippen LogP contribution in [0, 0.1) is 5.92 Å². The Kier molecular flexibility index (Phi) is 6.69. The molecule has 0 aromatic heterocycles. The minimum absolute atomic E-state index is 0.0113. The molecular weight excluding hydrogens is 162 g/mol. The zero-order valence-electron chi connectivity index (χ0n) is 9.18. The monoisotopic (exact) mass is 185 g/mol. The zero-order chi connectivity index (χ0) is 10.3. The van der Waals surface area contributed by atoms with E-state index in [2.05, 4.69) is 20.4 Å². The van der Waals surface area contributed by atoms with E-state index in [1.807, 2.05) is 0 Å².